The lowest BCUT2D eigenvalue weighted by molar-refractivity contribution is -0.139. The second-order valence-corrected chi connectivity index (χ2v) is 4.31. The van der Waals surface area contributed by atoms with Crippen LogP contribution in [0, 0.1) is 29.1 Å². The molecule has 0 aliphatic carbocycles. The van der Waals surface area contributed by atoms with Crippen LogP contribution in [-0.4, -0.2) is 24.1 Å². The molecular weight excluding hydrogens is 313 g/mol. The van der Waals surface area contributed by atoms with E-state index in [1.807, 2.05) is 0 Å². The minimum Gasteiger partial charge on any atom is -0.346 e. The molecule has 0 aliphatic heterocycles. The van der Waals surface area contributed by atoms with Crippen LogP contribution in [0.4, 0.5) is 22.0 Å². The third-order valence-electron chi connectivity index (χ3n) is 2.23. The molecular formula is C12H10F5N3O2. The van der Waals surface area contributed by atoms with Crippen molar-refractivity contribution in [1.82, 2.24) is 10.7 Å². The standard InChI is InChI=1S/C12H10F5N3O2/c1-4(2)19-11(21)12(22)20-18-3-5-6(13)8(15)10(17)9(16)7(5)14/h3-4H,1-2H3,(H,19,21)(H,20,22)/b18-3-. The van der Waals surface area contributed by atoms with Crippen molar-refractivity contribution in [2.75, 3.05) is 0 Å². The molecule has 0 radical (unpaired) electrons. The number of halogens is 5. The number of benzene rings is 1. The minimum absolute atomic E-state index is 0.205. The number of hydrazone groups is 1. The Morgan fingerprint density at radius 2 is 1.36 bits per heavy atom. The first-order valence-electron chi connectivity index (χ1n) is 5.82. The molecule has 0 unspecified atom stereocenters. The lowest BCUT2D eigenvalue weighted by Crippen LogP contribution is -2.41. The van der Waals surface area contributed by atoms with Gasteiger partial charge in [-0.2, -0.15) is 5.10 Å². The number of amides is 2. The van der Waals surface area contributed by atoms with Gasteiger partial charge in [0.05, 0.1) is 11.8 Å². The second-order valence-electron chi connectivity index (χ2n) is 4.31. The fourth-order valence-electron chi connectivity index (χ4n) is 1.27. The molecule has 2 N–H and O–H groups in total. The summed E-state index contributed by atoms with van der Waals surface area (Å²) in [6.07, 6.45) is 0.205. The maximum atomic E-state index is 13.3. The van der Waals surface area contributed by atoms with Gasteiger partial charge in [-0.25, -0.2) is 27.4 Å². The van der Waals surface area contributed by atoms with E-state index in [0.29, 0.717) is 0 Å². The van der Waals surface area contributed by atoms with E-state index in [1.54, 1.807) is 19.3 Å². The van der Waals surface area contributed by atoms with Crippen LogP contribution in [0.3, 0.4) is 0 Å². The van der Waals surface area contributed by atoms with Crippen molar-refractivity contribution >= 4 is 18.0 Å². The van der Waals surface area contributed by atoms with Crippen molar-refractivity contribution < 1.29 is 31.5 Å². The first-order chi connectivity index (χ1) is 10.2. The molecule has 1 aromatic rings. The molecule has 0 aliphatic rings. The Morgan fingerprint density at radius 3 is 1.82 bits per heavy atom. The maximum absolute atomic E-state index is 13.3. The third-order valence-corrected chi connectivity index (χ3v) is 2.23. The molecule has 2 amide bonds. The van der Waals surface area contributed by atoms with E-state index in [1.165, 1.54) is 0 Å². The molecule has 0 fully saturated rings. The predicted octanol–water partition coefficient (Wildman–Crippen LogP) is 1.36. The van der Waals surface area contributed by atoms with Crippen molar-refractivity contribution in [3.05, 3.63) is 34.6 Å². The van der Waals surface area contributed by atoms with Crippen LogP contribution < -0.4 is 10.7 Å². The molecule has 1 rings (SSSR count). The smallest absolute Gasteiger partial charge is 0.329 e. The minimum atomic E-state index is -2.31. The topological polar surface area (TPSA) is 70.6 Å². The number of carbonyl (C=O) groups is 2. The van der Waals surface area contributed by atoms with Crippen LogP contribution in [-0.2, 0) is 9.59 Å². The number of rotatable bonds is 3. The van der Waals surface area contributed by atoms with Crippen molar-refractivity contribution in [2.45, 2.75) is 19.9 Å². The van der Waals surface area contributed by atoms with Crippen molar-refractivity contribution in [3.8, 4) is 0 Å². The van der Waals surface area contributed by atoms with E-state index in [0.717, 1.165) is 0 Å². The van der Waals surface area contributed by atoms with E-state index in [9.17, 15) is 31.5 Å². The van der Waals surface area contributed by atoms with Crippen molar-refractivity contribution in [2.24, 2.45) is 5.10 Å². The fraction of sp³-hybridized carbons (Fsp3) is 0.250. The zero-order valence-corrected chi connectivity index (χ0v) is 11.3. The highest BCUT2D eigenvalue weighted by molar-refractivity contribution is 6.35. The Bertz CT molecular complexity index is 617. The van der Waals surface area contributed by atoms with Gasteiger partial charge in [-0.3, -0.25) is 9.59 Å². The van der Waals surface area contributed by atoms with Crippen molar-refractivity contribution in [1.29, 1.82) is 0 Å². The molecule has 1 aromatic carbocycles. The molecule has 0 atom stereocenters. The van der Waals surface area contributed by atoms with Gasteiger partial charge in [0.1, 0.15) is 0 Å². The number of carbonyl (C=O) groups excluding carboxylic acids is 2. The van der Waals surface area contributed by atoms with Gasteiger partial charge in [-0.15, -0.1) is 0 Å². The van der Waals surface area contributed by atoms with Gasteiger partial charge in [0.15, 0.2) is 23.3 Å². The molecule has 22 heavy (non-hydrogen) atoms. The summed E-state index contributed by atoms with van der Waals surface area (Å²) in [6.45, 7) is 3.15. The monoisotopic (exact) mass is 323 g/mol. The Balaban J connectivity index is 2.93. The molecule has 120 valence electrons. The number of nitrogens with zero attached hydrogens (tertiary/aromatic N) is 1. The summed E-state index contributed by atoms with van der Waals surface area (Å²) in [5.41, 5.74) is 0.244. The Hall–Kier alpha value is -2.52. The molecule has 0 aromatic heterocycles. The second kappa shape index (κ2) is 6.96. The van der Waals surface area contributed by atoms with Gasteiger partial charge >= 0.3 is 11.8 Å². The highest BCUT2D eigenvalue weighted by atomic mass is 19.2. The highest BCUT2D eigenvalue weighted by Crippen LogP contribution is 2.21. The zero-order valence-electron chi connectivity index (χ0n) is 11.3. The molecule has 0 saturated carbocycles. The lowest BCUT2D eigenvalue weighted by Gasteiger charge is -2.06. The van der Waals surface area contributed by atoms with E-state index in [-0.39, 0.29) is 12.3 Å². The quantitative estimate of drug-likeness (QED) is 0.220. The van der Waals surface area contributed by atoms with Gasteiger partial charge < -0.3 is 5.32 Å². The van der Waals surface area contributed by atoms with Crippen LogP contribution in [0.15, 0.2) is 5.10 Å². The Kier molecular flexibility index (Phi) is 5.55. The van der Waals surface area contributed by atoms with Gasteiger partial charge in [-0.1, -0.05) is 0 Å². The molecule has 5 nitrogen and oxygen atoms in total. The molecule has 0 bridgehead atoms. The van der Waals surface area contributed by atoms with Crippen LogP contribution in [0.5, 0.6) is 0 Å². The fourth-order valence-corrected chi connectivity index (χ4v) is 1.27. The highest BCUT2D eigenvalue weighted by Gasteiger charge is 2.24. The number of nitrogens with one attached hydrogen (secondary N) is 2. The largest absolute Gasteiger partial charge is 0.346 e. The maximum Gasteiger partial charge on any atom is 0.329 e. The number of hydrogen-bond donors (Lipinski definition) is 2. The number of hydrogen-bond acceptors (Lipinski definition) is 3. The van der Waals surface area contributed by atoms with Gasteiger partial charge in [-0.05, 0) is 13.8 Å². The first kappa shape index (κ1) is 17.5. The Morgan fingerprint density at radius 1 is 0.909 bits per heavy atom. The molecule has 10 heteroatoms. The van der Waals surface area contributed by atoms with E-state index >= 15 is 0 Å². The summed E-state index contributed by atoms with van der Waals surface area (Å²) in [7, 11) is 0. The summed E-state index contributed by atoms with van der Waals surface area (Å²) >= 11 is 0. The SMILES string of the molecule is CC(C)NC(=O)C(=O)N/N=C\c1c(F)c(F)c(F)c(F)c1F. The van der Waals surface area contributed by atoms with E-state index in [4.69, 9.17) is 0 Å². The van der Waals surface area contributed by atoms with Crippen LogP contribution in [0.1, 0.15) is 19.4 Å². The van der Waals surface area contributed by atoms with Crippen molar-refractivity contribution in [3.63, 3.8) is 0 Å². The lowest BCUT2D eigenvalue weighted by atomic mass is 10.2. The molecule has 0 saturated heterocycles. The summed E-state index contributed by atoms with van der Waals surface area (Å²) in [5, 5.41) is 5.18. The summed E-state index contributed by atoms with van der Waals surface area (Å²) in [5.74, 6) is -13.2. The first-order valence-corrected chi connectivity index (χ1v) is 5.82. The average Bonchev–Trinajstić information content (AvgIpc) is 2.45. The van der Waals surface area contributed by atoms with Crippen LogP contribution >= 0.6 is 0 Å². The van der Waals surface area contributed by atoms with Gasteiger partial charge in [0, 0.05) is 6.04 Å². The van der Waals surface area contributed by atoms with Gasteiger partial charge in [0.25, 0.3) is 0 Å². The molecule has 0 spiro atoms. The summed E-state index contributed by atoms with van der Waals surface area (Å²) in [4.78, 5) is 22.4. The van der Waals surface area contributed by atoms with Crippen LogP contribution in [0.25, 0.3) is 0 Å². The molecule has 0 heterocycles. The summed E-state index contributed by atoms with van der Waals surface area (Å²) in [6, 6.07) is -0.350. The summed E-state index contributed by atoms with van der Waals surface area (Å²) < 4.78 is 65.1. The zero-order chi connectivity index (χ0) is 17.0. The van der Waals surface area contributed by atoms with Gasteiger partial charge in [0.2, 0.25) is 5.82 Å². The van der Waals surface area contributed by atoms with E-state index in [2.05, 4.69) is 10.4 Å². The normalized spacial score (nSPS) is 11.1. The average molecular weight is 323 g/mol. The van der Waals surface area contributed by atoms with E-state index < -0.39 is 46.5 Å². The Labute approximate surface area is 121 Å². The third kappa shape index (κ3) is 3.77. The predicted molar refractivity (Wildman–Crippen MR) is 65.2 cm³/mol. The van der Waals surface area contributed by atoms with Crippen LogP contribution in [0.2, 0.25) is 0 Å².